The van der Waals surface area contributed by atoms with Crippen molar-refractivity contribution in [2.24, 2.45) is 5.10 Å². The van der Waals surface area contributed by atoms with Crippen LogP contribution in [0.3, 0.4) is 0 Å². The van der Waals surface area contributed by atoms with Gasteiger partial charge in [0, 0.05) is 22.6 Å². The van der Waals surface area contributed by atoms with Gasteiger partial charge in [-0.25, -0.2) is 13.8 Å². The van der Waals surface area contributed by atoms with Crippen molar-refractivity contribution in [2.45, 2.75) is 32.6 Å². The molecule has 4 rings (SSSR count). The van der Waals surface area contributed by atoms with E-state index in [1.807, 2.05) is 52.0 Å². The minimum Gasteiger partial charge on any atom is -0.492 e. The summed E-state index contributed by atoms with van der Waals surface area (Å²) in [6, 6.07) is 24.9. The van der Waals surface area contributed by atoms with Crippen LogP contribution in [0.25, 0.3) is 5.69 Å². The predicted octanol–water partition coefficient (Wildman–Crippen LogP) is 5.15. The Morgan fingerprint density at radius 3 is 2.41 bits per heavy atom. The van der Waals surface area contributed by atoms with Gasteiger partial charge >= 0.3 is 0 Å². The van der Waals surface area contributed by atoms with E-state index >= 15 is 0 Å². The number of nitrogens with one attached hydrogen (secondary N) is 1. The largest absolute Gasteiger partial charge is 0.492 e. The number of amides is 1. The van der Waals surface area contributed by atoms with Gasteiger partial charge in [-0.15, -0.1) is 0 Å². The monoisotopic (exact) mass is 544 g/mol. The summed E-state index contributed by atoms with van der Waals surface area (Å²) in [7, 11) is -4.07. The minimum atomic E-state index is -4.07. The third-order valence-electron chi connectivity index (χ3n) is 6.18. The summed E-state index contributed by atoms with van der Waals surface area (Å²) >= 11 is 0. The second kappa shape index (κ2) is 12.0. The lowest BCUT2D eigenvalue weighted by molar-refractivity contribution is -0.119. The Hall–Kier alpha value is -4.37. The van der Waals surface area contributed by atoms with Crippen molar-refractivity contribution in [1.82, 2.24) is 9.99 Å². The highest BCUT2D eigenvalue weighted by Gasteiger charge is 2.29. The molecule has 39 heavy (non-hydrogen) atoms. The van der Waals surface area contributed by atoms with Crippen LogP contribution in [-0.4, -0.2) is 38.3 Å². The molecule has 8 nitrogen and oxygen atoms in total. The predicted molar refractivity (Wildman–Crippen MR) is 154 cm³/mol. The van der Waals surface area contributed by atoms with E-state index in [-0.39, 0.29) is 10.6 Å². The fourth-order valence-corrected chi connectivity index (χ4v) is 5.83. The second-order valence-electron chi connectivity index (χ2n) is 9.02. The molecule has 1 amide bonds. The molecular weight excluding hydrogens is 512 g/mol. The minimum absolute atomic E-state index is 0.0659. The van der Waals surface area contributed by atoms with Crippen molar-refractivity contribution in [3.05, 3.63) is 107 Å². The summed E-state index contributed by atoms with van der Waals surface area (Å²) in [4.78, 5) is 13.1. The maximum atomic E-state index is 13.6. The highest BCUT2D eigenvalue weighted by Crippen LogP contribution is 2.32. The normalized spacial score (nSPS) is 11.5. The highest BCUT2D eigenvalue weighted by atomic mass is 32.2. The number of ether oxygens (including phenoxy) is 1. The summed E-state index contributed by atoms with van der Waals surface area (Å²) < 4.78 is 36.1. The van der Waals surface area contributed by atoms with Crippen LogP contribution < -0.4 is 14.5 Å². The molecular formula is C30H32N4O4S. The molecule has 1 N–H and O–H groups in total. The number of hydrogen-bond donors (Lipinski definition) is 1. The van der Waals surface area contributed by atoms with E-state index in [4.69, 9.17) is 4.74 Å². The average molecular weight is 545 g/mol. The number of carbonyl (C=O) groups is 1. The molecule has 1 aromatic heterocycles. The lowest BCUT2D eigenvalue weighted by Gasteiger charge is -2.25. The van der Waals surface area contributed by atoms with Crippen molar-refractivity contribution < 1.29 is 17.9 Å². The standard InChI is InChI=1S/C30H32N4O4S/c1-5-38-29-17-10-9-16-28(29)33(39(36,37)27-14-7-6-8-15-27)21-30(35)32-31-20-25-19-23(3)34(24(25)4)26-13-11-12-22(2)18-26/h6-20H,5,21H2,1-4H3,(H,32,35)/b31-20-. The summed E-state index contributed by atoms with van der Waals surface area (Å²) in [5, 5.41) is 4.14. The molecule has 1 heterocycles. The van der Waals surface area contributed by atoms with Crippen LogP contribution in [0.2, 0.25) is 0 Å². The Labute approximate surface area is 229 Å². The fourth-order valence-electron chi connectivity index (χ4n) is 4.38. The number of hydrazone groups is 1. The number of benzene rings is 3. The molecule has 0 unspecified atom stereocenters. The molecule has 0 bridgehead atoms. The molecule has 0 aliphatic heterocycles. The van der Waals surface area contributed by atoms with Crippen LogP contribution in [0, 0.1) is 20.8 Å². The van der Waals surface area contributed by atoms with Crippen molar-refractivity contribution in [3.8, 4) is 11.4 Å². The van der Waals surface area contributed by atoms with Crippen LogP contribution in [0.4, 0.5) is 5.69 Å². The Balaban J connectivity index is 1.58. The summed E-state index contributed by atoms with van der Waals surface area (Å²) in [5.74, 6) is -0.232. The summed E-state index contributed by atoms with van der Waals surface area (Å²) in [6.07, 6.45) is 1.57. The third-order valence-corrected chi connectivity index (χ3v) is 7.95. The molecule has 9 heteroatoms. The molecule has 0 radical (unpaired) electrons. The molecule has 0 saturated heterocycles. The SMILES string of the molecule is CCOc1ccccc1N(CC(=O)N/N=C\c1cc(C)n(-c2cccc(C)c2)c1C)S(=O)(=O)c1ccccc1. The number of aromatic nitrogens is 1. The van der Waals surface area contributed by atoms with Gasteiger partial charge in [0.15, 0.2) is 0 Å². The maximum absolute atomic E-state index is 13.6. The lowest BCUT2D eigenvalue weighted by atomic mass is 10.2. The molecule has 0 atom stereocenters. The zero-order valence-corrected chi connectivity index (χ0v) is 23.3. The molecule has 3 aromatic carbocycles. The van der Waals surface area contributed by atoms with E-state index in [1.54, 1.807) is 48.7 Å². The smallest absolute Gasteiger partial charge is 0.264 e. The van der Waals surface area contributed by atoms with E-state index in [9.17, 15) is 13.2 Å². The molecule has 202 valence electrons. The number of carbonyl (C=O) groups excluding carboxylic acids is 1. The topological polar surface area (TPSA) is 93.0 Å². The number of hydrogen-bond acceptors (Lipinski definition) is 5. The zero-order chi connectivity index (χ0) is 28.0. The lowest BCUT2D eigenvalue weighted by Crippen LogP contribution is -2.39. The van der Waals surface area contributed by atoms with Gasteiger partial charge in [0.25, 0.3) is 15.9 Å². The first-order chi connectivity index (χ1) is 18.7. The first-order valence-corrected chi connectivity index (χ1v) is 14.0. The number of sulfonamides is 1. The highest BCUT2D eigenvalue weighted by molar-refractivity contribution is 7.92. The zero-order valence-electron chi connectivity index (χ0n) is 22.5. The Morgan fingerprint density at radius 1 is 0.974 bits per heavy atom. The Bertz CT molecular complexity index is 1590. The van der Waals surface area contributed by atoms with E-state index in [1.165, 1.54) is 12.1 Å². The van der Waals surface area contributed by atoms with Crippen LogP contribution in [0.5, 0.6) is 5.75 Å². The van der Waals surface area contributed by atoms with Gasteiger partial charge in [-0.05, 0) is 75.7 Å². The van der Waals surface area contributed by atoms with Crippen molar-refractivity contribution in [2.75, 3.05) is 17.5 Å². The van der Waals surface area contributed by atoms with E-state index in [2.05, 4.69) is 21.2 Å². The van der Waals surface area contributed by atoms with Gasteiger partial charge in [0.05, 0.1) is 23.4 Å². The first kappa shape index (κ1) is 27.7. The Morgan fingerprint density at radius 2 is 1.69 bits per heavy atom. The number of para-hydroxylation sites is 2. The summed E-state index contributed by atoms with van der Waals surface area (Å²) in [6.45, 7) is 7.70. The second-order valence-corrected chi connectivity index (χ2v) is 10.9. The van der Waals surface area contributed by atoms with Gasteiger partial charge in [0.1, 0.15) is 12.3 Å². The number of anilines is 1. The van der Waals surface area contributed by atoms with Crippen molar-refractivity contribution >= 4 is 27.8 Å². The summed E-state index contributed by atoms with van der Waals surface area (Å²) in [5.41, 5.74) is 7.79. The van der Waals surface area contributed by atoms with E-state index < -0.39 is 22.5 Å². The van der Waals surface area contributed by atoms with E-state index in [0.29, 0.717) is 12.4 Å². The molecule has 0 fully saturated rings. The first-order valence-electron chi connectivity index (χ1n) is 12.6. The molecule has 0 aliphatic carbocycles. The van der Waals surface area contributed by atoms with Crippen LogP contribution in [0.1, 0.15) is 29.4 Å². The molecule has 4 aromatic rings. The number of rotatable bonds is 10. The van der Waals surface area contributed by atoms with Gasteiger partial charge < -0.3 is 9.30 Å². The Kier molecular flexibility index (Phi) is 8.51. The molecule has 0 saturated carbocycles. The van der Waals surface area contributed by atoms with Crippen LogP contribution in [-0.2, 0) is 14.8 Å². The van der Waals surface area contributed by atoms with Gasteiger partial charge in [-0.2, -0.15) is 5.10 Å². The van der Waals surface area contributed by atoms with Gasteiger partial charge in [-0.1, -0.05) is 42.5 Å². The molecule has 0 aliphatic rings. The van der Waals surface area contributed by atoms with Gasteiger partial charge in [0.2, 0.25) is 0 Å². The number of aryl methyl sites for hydroxylation is 2. The average Bonchev–Trinajstić information content (AvgIpc) is 3.21. The van der Waals surface area contributed by atoms with Crippen LogP contribution >= 0.6 is 0 Å². The maximum Gasteiger partial charge on any atom is 0.264 e. The van der Waals surface area contributed by atoms with Crippen molar-refractivity contribution in [3.63, 3.8) is 0 Å². The quantitative estimate of drug-likeness (QED) is 0.221. The third kappa shape index (κ3) is 6.21. The van der Waals surface area contributed by atoms with Crippen molar-refractivity contribution in [1.29, 1.82) is 0 Å². The van der Waals surface area contributed by atoms with E-state index in [0.717, 1.165) is 32.5 Å². The number of nitrogens with zero attached hydrogens (tertiary/aromatic N) is 3. The van der Waals surface area contributed by atoms with Crippen LogP contribution in [0.15, 0.2) is 94.9 Å². The molecule has 0 spiro atoms. The fraction of sp³-hybridized carbons (Fsp3) is 0.200. The van der Waals surface area contributed by atoms with Gasteiger partial charge in [-0.3, -0.25) is 9.10 Å².